The van der Waals surface area contributed by atoms with E-state index in [9.17, 15) is 9.59 Å². The summed E-state index contributed by atoms with van der Waals surface area (Å²) in [5.41, 5.74) is 2.38. The summed E-state index contributed by atoms with van der Waals surface area (Å²) in [6.07, 6.45) is 0.492. The summed E-state index contributed by atoms with van der Waals surface area (Å²) < 4.78 is 1.61. The molecule has 0 fully saturated rings. The first-order chi connectivity index (χ1) is 14.0. The van der Waals surface area contributed by atoms with Crippen LogP contribution in [0.1, 0.15) is 18.5 Å². The molecule has 3 aromatic rings. The topological polar surface area (TPSA) is 79.6 Å². The highest BCUT2D eigenvalue weighted by molar-refractivity contribution is 6.44. The van der Waals surface area contributed by atoms with Gasteiger partial charge in [0.1, 0.15) is 11.5 Å². The quantitative estimate of drug-likeness (QED) is 0.711. The molecule has 0 radical (unpaired) electrons. The highest BCUT2D eigenvalue weighted by atomic mass is 35.5. The second kappa shape index (κ2) is 7.89. The summed E-state index contributed by atoms with van der Waals surface area (Å²) in [5.74, 6) is -0.0187. The smallest absolute Gasteiger partial charge is 0.273 e. The molecule has 1 aliphatic rings. The van der Waals surface area contributed by atoms with Crippen molar-refractivity contribution in [3.8, 4) is 5.69 Å². The maximum atomic E-state index is 12.9. The Morgan fingerprint density at radius 1 is 1.03 bits per heavy atom. The molecule has 2 heterocycles. The number of hydrogen-bond acceptors (Lipinski definition) is 4. The Balaban J connectivity index is 1.61. The van der Waals surface area contributed by atoms with E-state index in [0.717, 1.165) is 11.4 Å². The fourth-order valence-electron chi connectivity index (χ4n) is 3.07. The highest BCUT2D eigenvalue weighted by Crippen LogP contribution is 2.22. The number of anilines is 2. The Morgan fingerprint density at radius 2 is 1.79 bits per heavy atom. The normalized spacial score (nSPS) is 13.9. The molecule has 7 nitrogen and oxygen atoms in total. The van der Waals surface area contributed by atoms with Crippen molar-refractivity contribution >= 4 is 40.6 Å². The van der Waals surface area contributed by atoms with E-state index in [4.69, 9.17) is 11.6 Å². The van der Waals surface area contributed by atoms with Gasteiger partial charge in [-0.2, -0.15) is 10.2 Å². The van der Waals surface area contributed by atoms with Crippen molar-refractivity contribution in [3.05, 3.63) is 71.4 Å². The third-order valence-electron chi connectivity index (χ3n) is 4.42. The molecule has 1 aliphatic heterocycles. The molecule has 0 aliphatic carbocycles. The van der Waals surface area contributed by atoms with Gasteiger partial charge >= 0.3 is 0 Å². The van der Waals surface area contributed by atoms with Gasteiger partial charge in [0, 0.05) is 23.9 Å². The summed E-state index contributed by atoms with van der Waals surface area (Å²) in [6.45, 7) is 1.84. The van der Waals surface area contributed by atoms with Crippen LogP contribution in [0, 0.1) is 6.92 Å². The second-order valence-electron chi connectivity index (χ2n) is 6.60. The van der Waals surface area contributed by atoms with Crippen molar-refractivity contribution in [1.29, 1.82) is 0 Å². The number of hydrazone groups is 1. The Morgan fingerprint density at radius 3 is 2.55 bits per heavy atom. The zero-order chi connectivity index (χ0) is 20.4. The Hall–Kier alpha value is -3.45. The van der Waals surface area contributed by atoms with E-state index in [1.807, 2.05) is 37.3 Å². The Bertz CT molecular complexity index is 1110. The lowest BCUT2D eigenvalue weighted by molar-refractivity contribution is -0.118. The summed E-state index contributed by atoms with van der Waals surface area (Å²) in [7, 11) is 0. The number of rotatable bonds is 4. The number of nitrogens with zero attached hydrogens (tertiary/aromatic N) is 4. The molecule has 0 atom stereocenters. The lowest BCUT2D eigenvalue weighted by Gasteiger charge is -2.23. The molecule has 29 heavy (non-hydrogen) atoms. The van der Waals surface area contributed by atoms with E-state index in [1.54, 1.807) is 35.0 Å². The first kappa shape index (κ1) is 18.9. The predicted molar refractivity (Wildman–Crippen MR) is 113 cm³/mol. The van der Waals surface area contributed by atoms with Crippen LogP contribution in [0.5, 0.6) is 0 Å². The number of aromatic nitrogens is 2. The Labute approximate surface area is 172 Å². The molecule has 4 rings (SSSR count). The third kappa shape index (κ3) is 4.05. The zero-order valence-corrected chi connectivity index (χ0v) is 16.4. The molecule has 0 unspecified atom stereocenters. The van der Waals surface area contributed by atoms with Crippen LogP contribution in [0.3, 0.4) is 0 Å². The van der Waals surface area contributed by atoms with Crippen LogP contribution < -0.4 is 10.3 Å². The molecule has 2 aromatic carbocycles. The van der Waals surface area contributed by atoms with Crippen LogP contribution in [0.15, 0.2) is 65.8 Å². The number of halogens is 1. The molecule has 1 N–H and O–H groups in total. The van der Waals surface area contributed by atoms with Crippen LogP contribution in [-0.4, -0.2) is 27.3 Å². The van der Waals surface area contributed by atoms with Gasteiger partial charge in [-0.05, 0) is 37.3 Å². The molecular weight excluding hydrogens is 390 g/mol. The minimum absolute atomic E-state index is 0.146. The van der Waals surface area contributed by atoms with Crippen LogP contribution in [0.4, 0.5) is 11.5 Å². The SMILES string of the molecule is Cc1cc(NC(=O)C2=NN(c3ccccc3)C(=O)CC2)n(-c2cccc(Cl)c2)n1. The number of aryl methyl sites for hydroxylation is 1. The van der Waals surface area contributed by atoms with Crippen molar-refractivity contribution < 1.29 is 9.59 Å². The molecule has 0 saturated heterocycles. The number of benzene rings is 2. The minimum Gasteiger partial charge on any atom is -0.305 e. The molecule has 8 heteroatoms. The lowest BCUT2D eigenvalue weighted by atomic mass is 10.1. The second-order valence-corrected chi connectivity index (χ2v) is 7.04. The van der Waals surface area contributed by atoms with Crippen LogP contribution in [0.25, 0.3) is 5.69 Å². The third-order valence-corrected chi connectivity index (χ3v) is 4.66. The largest absolute Gasteiger partial charge is 0.305 e. The van der Waals surface area contributed by atoms with E-state index in [2.05, 4.69) is 15.5 Å². The van der Waals surface area contributed by atoms with Crippen LogP contribution in [-0.2, 0) is 9.59 Å². The molecule has 1 aromatic heterocycles. The van der Waals surface area contributed by atoms with Crippen molar-refractivity contribution in [2.45, 2.75) is 19.8 Å². The van der Waals surface area contributed by atoms with E-state index in [1.165, 1.54) is 5.01 Å². The predicted octanol–water partition coefficient (Wildman–Crippen LogP) is 3.96. The van der Waals surface area contributed by atoms with E-state index in [0.29, 0.717) is 16.5 Å². The molecule has 2 amide bonds. The molecular formula is C21H18ClN5O2. The van der Waals surface area contributed by atoms with Gasteiger partial charge < -0.3 is 5.32 Å². The standard InChI is InChI=1S/C21H18ClN5O2/c1-14-12-19(26(24-14)17-9-5-6-15(22)13-17)23-21(29)18-10-11-20(28)27(25-18)16-7-3-2-4-8-16/h2-9,12-13H,10-11H2,1H3,(H,23,29). The summed E-state index contributed by atoms with van der Waals surface area (Å²) in [6, 6.07) is 18.0. The average Bonchev–Trinajstić information content (AvgIpc) is 3.09. The average molecular weight is 408 g/mol. The summed E-state index contributed by atoms with van der Waals surface area (Å²) in [5, 5.41) is 13.4. The van der Waals surface area contributed by atoms with Crippen molar-refractivity contribution in [1.82, 2.24) is 9.78 Å². The first-order valence-electron chi connectivity index (χ1n) is 9.11. The van der Waals surface area contributed by atoms with Crippen LogP contribution >= 0.6 is 11.6 Å². The van der Waals surface area contributed by atoms with Crippen molar-refractivity contribution in [2.24, 2.45) is 5.10 Å². The molecule has 0 saturated carbocycles. The van der Waals surface area contributed by atoms with Crippen molar-refractivity contribution in [2.75, 3.05) is 10.3 Å². The van der Waals surface area contributed by atoms with E-state index < -0.39 is 0 Å². The zero-order valence-electron chi connectivity index (χ0n) is 15.7. The number of carbonyl (C=O) groups excluding carboxylic acids is 2. The van der Waals surface area contributed by atoms with Gasteiger partial charge in [-0.1, -0.05) is 35.9 Å². The number of carbonyl (C=O) groups is 2. The van der Waals surface area contributed by atoms with Gasteiger partial charge in [-0.15, -0.1) is 0 Å². The van der Waals surface area contributed by atoms with Gasteiger partial charge in [0.05, 0.1) is 17.1 Å². The van der Waals surface area contributed by atoms with Gasteiger partial charge in [0.15, 0.2) is 0 Å². The summed E-state index contributed by atoms with van der Waals surface area (Å²) in [4.78, 5) is 25.1. The van der Waals surface area contributed by atoms with Gasteiger partial charge in [-0.25, -0.2) is 9.69 Å². The molecule has 0 bridgehead atoms. The van der Waals surface area contributed by atoms with Crippen LogP contribution in [0.2, 0.25) is 5.02 Å². The lowest BCUT2D eigenvalue weighted by Crippen LogP contribution is -2.36. The molecule has 0 spiro atoms. The fraction of sp³-hybridized carbons (Fsp3) is 0.143. The van der Waals surface area contributed by atoms with Crippen molar-refractivity contribution in [3.63, 3.8) is 0 Å². The maximum Gasteiger partial charge on any atom is 0.273 e. The molecule has 146 valence electrons. The highest BCUT2D eigenvalue weighted by Gasteiger charge is 2.26. The van der Waals surface area contributed by atoms with E-state index >= 15 is 0 Å². The number of nitrogens with one attached hydrogen (secondary N) is 1. The Kier molecular flexibility index (Phi) is 5.14. The van der Waals surface area contributed by atoms with Gasteiger partial charge in [-0.3, -0.25) is 9.59 Å². The van der Waals surface area contributed by atoms with Gasteiger partial charge in [0.2, 0.25) is 5.91 Å². The number of amides is 2. The summed E-state index contributed by atoms with van der Waals surface area (Å²) >= 11 is 6.08. The number of hydrogen-bond donors (Lipinski definition) is 1. The number of para-hydroxylation sites is 1. The monoisotopic (exact) mass is 407 g/mol. The first-order valence-corrected chi connectivity index (χ1v) is 9.48. The fourth-order valence-corrected chi connectivity index (χ4v) is 3.25. The van der Waals surface area contributed by atoms with E-state index in [-0.39, 0.29) is 30.4 Å². The van der Waals surface area contributed by atoms with Gasteiger partial charge in [0.25, 0.3) is 5.91 Å². The maximum absolute atomic E-state index is 12.9. The minimum atomic E-state index is -0.374.